The van der Waals surface area contributed by atoms with E-state index in [-0.39, 0.29) is 17.9 Å². The summed E-state index contributed by atoms with van der Waals surface area (Å²) >= 11 is 0. The van der Waals surface area contributed by atoms with Gasteiger partial charge in [0.2, 0.25) is 5.91 Å². The standard InChI is InChI=1S/C12H22N2O2/c15-11-8-13-6-10(11)7-14-12(16)5-9-3-1-2-4-9/h9-11,13,15H,1-8H2,(H,14,16). The number of β-amino-alcohol motifs (C(OH)–C–C–N with tert-alkyl or cyclic N) is 1. The fourth-order valence-corrected chi connectivity index (χ4v) is 2.72. The molecular formula is C12H22N2O2. The highest BCUT2D eigenvalue weighted by Gasteiger charge is 2.25. The summed E-state index contributed by atoms with van der Waals surface area (Å²) in [4.78, 5) is 11.6. The average Bonchev–Trinajstić information content (AvgIpc) is 2.87. The van der Waals surface area contributed by atoms with Crippen LogP contribution in [0.25, 0.3) is 0 Å². The van der Waals surface area contributed by atoms with Gasteiger partial charge in [-0.2, -0.15) is 0 Å². The van der Waals surface area contributed by atoms with Crippen LogP contribution < -0.4 is 10.6 Å². The molecule has 2 rings (SSSR count). The molecule has 2 aliphatic rings. The first-order chi connectivity index (χ1) is 7.75. The average molecular weight is 226 g/mol. The molecule has 4 nitrogen and oxygen atoms in total. The smallest absolute Gasteiger partial charge is 0.220 e. The molecule has 2 unspecified atom stereocenters. The second-order valence-corrected chi connectivity index (χ2v) is 5.14. The van der Waals surface area contributed by atoms with Gasteiger partial charge in [-0.25, -0.2) is 0 Å². The molecule has 1 saturated carbocycles. The van der Waals surface area contributed by atoms with Crippen LogP contribution in [0.2, 0.25) is 0 Å². The van der Waals surface area contributed by atoms with Crippen molar-refractivity contribution in [3.63, 3.8) is 0 Å². The van der Waals surface area contributed by atoms with Crippen LogP contribution in [0, 0.1) is 11.8 Å². The highest BCUT2D eigenvalue weighted by molar-refractivity contribution is 5.76. The van der Waals surface area contributed by atoms with Crippen molar-refractivity contribution < 1.29 is 9.90 Å². The Kier molecular flexibility index (Phi) is 4.18. The van der Waals surface area contributed by atoms with Crippen molar-refractivity contribution in [1.29, 1.82) is 0 Å². The molecule has 0 spiro atoms. The predicted molar refractivity (Wildman–Crippen MR) is 62.0 cm³/mol. The van der Waals surface area contributed by atoms with Gasteiger partial charge in [0.05, 0.1) is 6.10 Å². The van der Waals surface area contributed by atoms with Gasteiger partial charge in [-0.1, -0.05) is 12.8 Å². The van der Waals surface area contributed by atoms with Crippen LogP contribution in [0.3, 0.4) is 0 Å². The normalized spacial score (nSPS) is 30.8. The van der Waals surface area contributed by atoms with Gasteiger partial charge >= 0.3 is 0 Å². The monoisotopic (exact) mass is 226 g/mol. The number of aliphatic hydroxyl groups excluding tert-OH is 1. The van der Waals surface area contributed by atoms with Gasteiger partial charge in [-0.3, -0.25) is 4.79 Å². The zero-order valence-electron chi connectivity index (χ0n) is 9.74. The van der Waals surface area contributed by atoms with Crippen molar-refractivity contribution in [1.82, 2.24) is 10.6 Å². The summed E-state index contributed by atoms with van der Waals surface area (Å²) in [5, 5.41) is 15.6. The maximum absolute atomic E-state index is 11.6. The molecule has 92 valence electrons. The van der Waals surface area contributed by atoms with Crippen molar-refractivity contribution in [3.05, 3.63) is 0 Å². The highest BCUT2D eigenvalue weighted by atomic mass is 16.3. The van der Waals surface area contributed by atoms with Crippen molar-refractivity contribution in [2.75, 3.05) is 19.6 Å². The van der Waals surface area contributed by atoms with Crippen molar-refractivity contribution in [2.45, 2.75) is 38.2 Å². The van der Waals surface area contributed by atoms with E-state index in [1.165, 1.54) is 25.7 Å². The fraction of sp³-hybridized carbons (Fsp3) is 0.917. The lowest BCUT2D eigenvalue weighted by molar-refractivity contribution is -0.122. The number of carbonyl (C=O) groups is 1. The number of hydrogen-bond donors (Lipinski definition) is 3. The van der Waals surface area contributed by atoms with Gasteiger partial charge in [0, 0.05) is 32.0 Å². The van der Waals surface area contributed by atoms with Crippen molar-refractivity contribution in [3.8, 4) is 0 Å². The SMILES string of the molecule is O=C(CC1CCCC1)NCC1CNCC1O. The van der Waals surface area contributed by atoms with E-state index in [1.54, 1.807) is 0 Å². The number of aliphatic hydroxyl groups is 1. The van der Waals surface area contributed by atoms with E-state index in [9.17, 15) is 9.90 Å². The van der Waals surface area contributed by atoms with E-state index in [0.717, 1.165) is 6.54 Å². The zero-order chi connectivity index (χ0) is 11.4. The van der Waals surface area contributed by atoms with Gasteiger partial charge in [0.25, 0.3) is 0 Å². The Morgan fingerprint density at radius 1 is 1.31 bits per heavy atom. The van der Waals surface area contributed by atoms with Crippen LogP contribution in [-0.2, 0) is 4.79 Å². The number of nitrogens with one attached hydrogen (secondary N) is 2. The third kappa shape index (κ3) is 3.19. The molecule has 4 heteroatoms. The Morgan fingerprint density at radius 2 is 2.06 bits per heavy atom. The quantitative estimate of drug-likeness (QED) is 0.644. The summed E-state index contributed by atoms with van der Waals surface area (Å²) in [5.74, 6) is 0.949. The molecule has 3 N–H and O–H groups in total. The Balaban J connectivity index is 1.63. The largest absolute Gasteiger partial charge is 0.391 e. The van der Waals surface area contributed by atoms with E-state index < -0.39 is 0 Å². The van der Waals surface area contributed by atoms with E-state index in [1.807, 2.05) is 0 Å². The summed E-state index contributed by atoms with van der Waals surface area (Å²) in [7, 11) is 0. The molecular weight excluding hydrogens is 204 g/mol. The predicted octanol–water partition coefficient (Wildman–Crippen LogP) is 0.263. The summed E-state index contributed by atoms with van der Waals surface area (Å²) in [6.45, 7) is 2.08. The van der Waals surface area contributed by atoms with Crippen LogP contribution in [0.1, 0.15) is 32.1 Å². The molecule has 1 aliphatic carbocycles. The van der Waals surface area contributed by atoms with Gasteiger partial charge in [0.1, 0.15) is 0 Å². The number of amides is 1. The maximum atomic E-state index is 11.6. The Morgan fingerprint density at radius 3 is 2.69 bits per heavy atom. The van der Waals surface area contributed by atoms with Crippen LogP contribution in [0.4, 0.5) is 0 Å². The number of carbonyl (C=O) groups excluding carboxylic acids is 1. The van der Waals surface area contributed by atoms with Crippen LogP contribution in [-0.4, -0.2) is 36.8 Å². The molecule has 1 heterocycles. The van der Waals surface area contributed by atoms with E-state index >= 15 is 0 Å². The molecule has 1 aliphatic heterocycles. The molecule has 0 aromatic carbocycles. The maximum Gasteiger partial charge on any atom is 0.220 e. The lowest BCUT2D eigenvalue weighted by Gasteiger charge is -2.15. The first-order valence-corrected chi connectivity index (χ1v) is 6.41. The first-order valence-electron chi connectivity index (χ1n) is 6.41. The zero-order valence-corrected chi connectivity index (χ0v) is 9.74. The van der Waals surface area contributed by atoms with Gasteiger partial charge < -0.3 is 15.7 Å². The molecule has 0 aromatic heterocycles. The van der Waals surface area contributed by atoms with E-state index in [0.29, 0.717) is 25.4 Å². The second-order valence-electron chi connectivity index (χ2n) is 5.14. The van der Waals surface area contributed by atoms with Gasteiger partial charge in [-0.05, 0) is 18.8 Å². The second kappa shape index (κ2) is 5.64. The van der Waals surface area contributed by atoms with Crippen LogP contribution in [0.15, 0.2) is 0 Å². The summed E-state index contributed by atoms with van der Waals surface area (Å²) in [5.41, 5.74) is 0. The summed E-state index contributed by atoms with van der Waals surface area (Å²) in [6, 6.07) is 0. The van der Waals surface area contributed by atoms with Gasteiger partial charge in [-0.15, -0.1) is 0 Å². The molecule has 1 amide bonds. The van der Waals surface area contributed by atoms with Crippen LogP contribution >= 0.6 is 0 Å². The number of rotatable bonds is 4. The highest BCUT2D eigenvalue weighted by Crippen LogP contribution is 2.27. The Bertz CT molecular complexity index is 239. The van der Waals surface area contributed by atoms with Crippen molar-refractivity contribution in [2.24, 2.45) is 11.8 Å². The lowest BCUT2D eigenvalue weighted by atomic mass is 10.0. The third-order valence-corrected chi connectivity index (χ3v) is 3.81. The minimum Gasteiger partial charge on any atom is -0.391 e. The Labute approximate surface area is 96.8 Å². The number of hydrogen-bond acceptors (Lipinski definition) is 3. The summed E-state index contributed by atoms with van der Waals surface area (Å²) < 4.78 is 0. The molecule has 0 aromatic rings. The van der Waals surface area contributed by atoms with Gasteiger partial charge in [0.15, 0.2) is 0 Å². The molecule has 2 fully saturated rings. The molecule has 0 radical (unpaired) electrons. The molecule has 2 atom stereocenters. The third-order valence-electron chi connectivity index (χ3n) is 3.81. The van der Waals surface area contributed by atoms with Crippen LogP contribution in [0.5, 0.6) is 0 Å². The minimum atomic E-state index is -0.299. The fourth-order valence-electron chi connectivity index (χ4n) is 2.72. The lowest BCUT2D eigenvalue weighted by Crippen LogP contribution is -2.34. The topological polar surface area (TPSA) is 61.4 Å². The molecule has 16 heavy (non-hydrogen) atoms. The minimum absolute atomic E-state index is 0.158. The first kappa shape index (κ1) is 11.9. The molecule has 1 saturated heterocycles. The Hall–Kier alpha value is -0.610. The van der Waals surface area contributed by atoms with E-state index in [4.69, 9.17) is 0 Å². The van der Waals surface area contributed by atoms with Crippen molar-refractivity contribution >= 4 is 5.91 Å². The molecule has 0 bridgehead atoms. The van der Waals surface area contributed by atoms with E-state index in [2.05, 4.69) is 10.6 Å². The summed E-state index contributed by atoms with van der Waals surface area (Å²) in [6.07, 6.45) is 5.36.